The summed E-state index contributed by atoms with van der Waals surface area (Å²) in [6, 6.07) is 8.83. The van der Waals surface area contributed by atoms with Crippen molar-refractivity contribution in [2.24, 2.45) is 0 Å². The second-order valence-electron chi connectivity index (χ2n) is 5.32. The van der Waals surface area contributed by atoms with E-state index in [2.05, 4.69) is 20.9 Å². The normalized spacial score (nSPS) is 27.3. The molecule has 0 amide bonds. The van der Waals surface area contributed by atoms with E-state index in [-0.39, 0.29) is 12.2 Å². The number of aliphatic hydroxyl groups is 2. The molecule has 0 radical (unpaired) electrons. The highest BCUT2D eigenvalue weighted by atomic mass is 79.9. The zero-order valence-corrected chi connectivity index (χ0v) is 13.6. The van der Waals surface area contributed by atoms with E-state index in [0.717, 1.165) is 4.57 Å². The number of hydrogen-bond donors (Lipinski definition) is 3. The lowest BCUT2D eigenvalue weighted by atomic mass is 10.1. The second kappa shape index (κ2) is 6.04. The summed E-state index contributed by atoms with van der Waals surface area (Å²) >= 11 is 3.27. The van der Waals surface area contributed by atoms with Crippen molar-refractivity contribution in [2.75, 3.05) is 13.2 Å². The summed E-state index contributed by atoms with van der Waals surface area (Å²) in [7, 11) is 0. The Kier molecular flexibility index (Phi) is 4.24. The van der Waals surface area contributed by atoms with Crippen LogP contribution in [0.2, 0.25) is 0 Å². The molecule has 1 aromatic heterocycles. The molecule has 0 aliphatic carbocycles. The molecule has 1 saturated heterocycles. The lowest BCUT2D eigenvalue weighted by Crippen LogP contribution is -2.52. The van der Waals surface area contributed by atoms with Crippen LogP contribution in [0.5, 0.6) is 0 Å². The number of aromatic nitrogens is 2. The van der Waals surface area contributed by atoms with Crippen molar-refractivity contribution in [2.45, 2.75) is 16.7 Å². The molecule has 122 valence electrons. The number of H-pyrrole nitrogens is 1. The largest absolute Gasteiger partial charge is 0.391 e. The van der Waals surface area contributed by atoms with Gasteiger partial charge in [0.1, 0.15) is 0 Å². The molecule has 8 heteroatoms. The van der Waals surface area contributed by atoms with E-state index in [1.807, 2.05) is 6.07 Å². The molecule has 1 aromatic carbocycles. The minimum atomic E-state index is -1.48. The summed E-state index contributed by atoms with van der Waals surface area (Å²) in [5.41, 5.74) is -1.84. The standard InChI is InChI=1S/C15H15BrN2O5/c16-12-11(20)7-23-15(12,8-19)18-6-10(13(21)17-14(18)22)9-4-2-1-3-5-9/h1-6,11-12,19-20H,7-8H2,(H,17,21,22)/t11-,12+,15-/m0/s1. The SMILES string of the molecule is O=c1[nH]c(=O)n([C@@]2(CO)OC[C@H](O)[C@H]2Br)cc1-c1ccccc1. The van der Waals surface area contributed by atoms with Gasteiger partial charge in [0, 0.05) is 6.20 Å². The topological polar surface area (TPSA) is 105 Å². The summed E-state index contributed by atoms with van der Waals surface area (Å²) in [6.07, 6.45) is 0.458. The van der Waals surface area contributed by atoms with Gasteiger partial charge in [0.25, 0.3) is 5.56 Å². The molecule has 3 atom stereocenters. The highest BCUT2D eigenvalue weighted by molar-refractivity contribution is 9.09. The molecule has 1 fully saturated rings. The van der Waals surface area contributed by atoms with Gasteiger partial charge in [0.05, 0.1) is 29.7 Å². The van der Waals surface area contributed by atoms with Crippen molar-refractivity contribution >= 4 is 15.9 Å². The van der Waals surface area contributed by atoms with E-state index >= 15 is 0 Å². The fourth-order valence-electron chi connectivity index (χ4n) is 2.68. The molecular weight excluding hydrogens is 368 g/mol. The Balaban J connectivity index is 2.21. The number of halogens is 1. The number of benzene rings is 1. The number of aliphatic hydroxyl groups excluding tert-OH is 2. The number of nitrogens with zero attached hydrogens (tertiary/aromatic N) is 1. The maximum Gasteiger partial charge on any atom is 0.330 e. The van der Waals surface area contributed by atoms with Gasteiger partial charge in [-0.05, 0) is 5.56 Å². The average Bonchev–Trinajstić information content (AvgIpc) is 2.85. The van der Waals surface area contributed by atoms with Crippen LogP contribution >= 0.6 is 15.9 Å². The van der Waals surface area contributed by atoms with Gasteiger partial charge in [0.2, 0.25) is 0 Å². The molecule has 2 aromatic rings. The number of hydrogen-bond acceptors (Lipinski definition) is 5. The third kappa shape index (κ3) is 2.57. The van der Waals surface area contributed by atoms with Gasteiger partial charge in [-0.2, -0.15) is 0 Å². The first-order valence-electron chi connectivity index (χ1n) is 6.98. The Bertz CT molecular complexity index is 819. The van der Waals surface area contributed by atoms with Gasteiger partial charge in [-0.3, -0.25) is 14.3 Å². The monoisotopic (exact) mass is 382 g/mol. The Morgan fingerprint density at radius 2 is 2.04 bits per heavy atom. The summed E-state index contributed by atoms with van der Waals surface area (Å²) in [5.74, 6) is 0. The van der Waals surface area contributed by atoms with Gasteiger partial charge in [-0.1, -0.05) is 46.3 Å². The second-order valence-corrected chi connectivity index (χ2v) is 6.31. The van der Waals surface area contributed by atoms with E-state index in [1.54, 1.807) is 24.3 Å². The number of aromatic amines is 1. The molecular formula is C15H15BrN2O5. The molecule has 0 unspecified atom stereocenters. The minimum absolute atomic E-state index is 0.0390. The summed E-state index contributed by atoms with van der Waals surface area (Å²) in [6.45, 7) is -0.580. The van der Waals surface area contributed by atoms with E-state index in [1.165, 1.54) is 6.20 Å². The van der Waals surface area contributed by atoms with Crippen molar-refractivity contribution in [3.8, 4) is 11.1 Å². The Hall–Kier alpha value is -1.74. The predicted octanol–water partition coefficient (Wildman–Crippen LogP) is 0.00330. The van der Waals surface area contributed by atoms with Crippen LogP contribution in [0.25, 0.3) is 11.1 Å². The van der Waals surface area contributed by atoms with Crippen LogP contribution in [-0.4, -0.2) is 43.9 Å². The van der Waals surface area contributed by atoms with Gasteiger partial charge >= 0.3 is 5.69 Å². The Labute approximate surface area is 139 Å². The molecule has 2 heterocycles. The highest BCUT2D eigenvalue weighted by Crippen LogP contribution is 2.35. The molecule has 3 rings (SSSR count). The quantitative estimate of drug-likeness (QED) is 0.648. The van der Waals surface area contributed by atoms with Crippen molar-refractivity contribution in [1.29, 1.82) is 0 Å². The van der Waals surface area contributed by atoms with Crippen LogP contribution < -0.4 is 11.2 Å². The zero-order valence-electron chi connectivity index (χ0n) is 12.0. The molecule has 23 heavy (non-hydrogen) atoms. The smallest absolute Gasteiger partial charge is 0.330 e. The van der Waals surface area contributed by atoms with Crippen LogP contribution in [-0.2, 0) is 10.5 Å². The molecule has 0 spiro atoms. The third-order valence-electron chi connectivity index (χ3n) is 3.93. The lowest BCUT2D eigenvalue weighted by molar-refractivity contribution is -0.0984. The summed E-state index contributed by atoms with van der Waals surface area (Å²) < 4.78 is 6.62. The Morgan fingerprint density at radius 1 is 1.35 bits per heavy atom. The predicted molar refractivity (Wildman–Crippen MR) is 86.5 cm³/mol. The van der Waals surface area contributed by atoms with Crippen LogP contribution in [0.4, 0.5) is 0 Å². The first-order chi connectivity index (χ1) is 11.0. The maximum absolute atomic E-state index is 12.2. The highest BCUT2D eigenvalue weighted by Gasteiger charge is 2.50. The molecule has 0 saturated carbocycles. The molecule has 0 bridgehead atoms. The van der Waals surface area contributed by atoms with Crippen LogP contribution in [0, 0.1) is 0 Å². The van der Waals surface area contributed by atoms with Crippen LogP contribution in [0.15, 0.2) is 46.1 Å². The number of ether oxygens (including phenoxy) is 1. The first kappa shape index (κ1) is 16.1. The van der Waals surface area contributed by atoms with Crippen molar-refractivity contribution in [1.82, 2.24) is 9.55 Å². The van der Waals surface area contributed by atoms with Crippen LogP contribution in [0.3, 0.4) is 0 Å². The van der Waals surface area contributed by atoms with Crippen LogP contribution in [0.1, 0.15) is 0 Å². The number of alkyl halides is 1. The fourth-order valence-corrected chi connectivity index (χ4v) is 3.33. The molecule has 1 aliphatic rings. The van der Waals surface area contributed by atoms with Gasteiger partial charge in [-0.15, -0.1) is 0 Å². The van der Waals surface area contributed by atoms with Gasteiger partial charge in [0.15, 0.2) is 5.72 Å². The lowest BCUT2D eigenvalue weighted by Gasteiger charge is -2.31. The van der Waals surface area contributed by atoms with E-state index in [4.69, 9.17) is 4.74 Å². The number of rotatable bonds is 3. The fraction of sp³-hybridized carbons (Fsp3) is 0.333. The zero-order chi connectivity index (χ0) is 16.6. The minimum Gasteiger partial charge on any atom is -0.391 e. The summed E-state index contributed by atoms with van der Waals surface area (Å²) in [4.78, 5) is 25.9. The summed E-state index contributed by atoms with van der Waals surface area (Å²) in [5, 5.41) is 19.7. The van der Waals surface area contributed by atoms with Crippen molar-refractivity contribution < 1.29 is 14.9 Å². The maximum atomic E-state index is 12.2. The van der Waals surface area contributed by atoms with Gasteiger partial charge in [-0.25, -0.2) is 4.79 Å². The van der Waals surface area contributed by atoms with E-state index in [9.17, 15) is 19.8 Å². The van der Waals surface area contributed by atoms with Gasteiger partial charge < -0.3 is 14.9 Å². The van der Waals surface area contributed by atoms with E-state index < -0.39 is 34.5 Å². The molecule has 7 nitrogen and oxygen atoms in total. The van der Waals surface area contributed by atoms with E-state index in [0.29, 0.717) is 5.56 Å². The molecule has 1 aliphatic heterocycles. The average molecular weight is 383 g/mol. The number of nitrogens with one attached hydrogen (secondary N) is 1. The molecule has 3 N–H and O–H groups in total. The van der Waals surface area contributed by atoms with Crippen molar-refractivity contribution in [3.05, 3.63) is 57.4 Å². The van der Waals surface area contributed by atoms with Crippen molar-refractivity contribution in [3.63, 3.8) is 0 Å². The first-order valence-corrected chi connectivity index (χ1v) is 7.90. The third-order valence-corrected chi connectivity index (χ3v) is 5.26. The Morgan fingerprint density at radius 3 is 2.61 bits per heavy atom.